The molecule has 0 saturated carbocycles. The lowest BCUT2D eigenvalue weighted by molar-refractivity contribution is -0.134. The van der Waals surface area contributed by atoms with Gasteiger partial charge in [-0.2, -0.15) is 0 Å². The minimum atomic E-state index is 0.288. The Balaban J connectivity index is 1.79. The number of rotatable bonds is 6. The van der Waals surface area contributed by atoms with Crippen LogP contribution in [0.5, 0.6) is 0 Å². The van der Waals surface area contributed by atoms with Crippen molar-refractivity contribution >= 4 is 5.91 Å². The Bertz CT molecular complexity index is 320. The highest BCUT2D eigenvalue weighted by atomic mass is 16.5. The predicted molar refractivity (Wildman–Crippen MR) is 80.7 cm³/mol. The van der Waals surface area contributed by atoms with Crippen LogP contribution in [0.1, 0.15) is 46.0 Å². The molecule has 116 valence electrons. The van der Waals surface area contributed by atoms with Crippen molar-refractivity contribution in [2.24, 2.45) is 5.92 Å². The number of amides is 1. The lowest BCUT2D eigenvalue weighted by atomic mass is 10.0. The molecule has 2 aliphatic rings. The van der Waals surface area contributed by atoms with Gasteiger partial charge in [-0.25, -0.2) is 0 Å². The number of likely N-dealkylation sites (N-methyl/N-ethyl adjacent to an activating group) is 1. The van der Waals surface area contributed by atoms with Gasteiger partial charge in [0.15, 0.2) is 0 Å². The van der Waals surface area contributed by atoms with Gasteiger partial charge in [-0.1, -0.05) is 13.8 Å². The Hall–Kier alpha value is -0.610. The predicted octanol–water partition coefficient (Wildman–Crippen LogP) is 2.13. The molecule has 4 heteroatoms. The van der Waals surface area contributed by atoms with Gasteiger partial charge >= 0.3 is 0 Å². The number of hydrogen-bond acceptors (Lipinski definition) is 3. The van der Waals surface area contributed by atoms with Gasteiger partial charge in [0.1, 0.15) is 0 Å². The Morgan fingerprint density at radius 1 is 1.20 bits per heavy atom. The van der Waals surface area contributed by atoms with Crippen molar-refractivity contribution in [1.82, 2.24) is 9.80 Å². The maximum absolute atomic E-state index is 12.4. The normalized spacial score (nSPS) is 27.7. The van der Waals surface area contributed by atoms with Crippen LogP contribution in [0.4, 0.5) is 0 Å². The maximum atomic E-state index is 12.4. The Morgan fingerprint density at radius 2 is 1.90 bits per heavy atom. The van der Waals surface area contributed by atoms with Crippen LogP contribution in [-0.2, 0) is 9.53 Å². The molecule has 2 aliphatic heterocycles. The van der Waals surface area contributed by atoms with Gasteiger partial charge in [0.05, 0.1) is 13.0 Å². The minimum absolute atomic E-state index is 0.288. The summed E-state index contributed by atoms with van der Waals surface area (Å²) in [6.45, 7) is 7.71. The van der Waals surface area contributed by atoms with Gasteiger partial charge in [-0.05, 0) is 45.2 Å². The van der Waals surface area contributed by atoms with E-state index in [1.165, 1.54) is 25.8 Å². The first-order valence-corrected chi connectivity index (χ1v) is 8.17. The highest BCUT2D eigenvalue weighted by Gasteiger charge is 2.37. The lowest BCUT2D eigenvalue weighted by Gasteiger charge is -2.33. The molecule has 0 spiro atoms. The summed E-state index contributed by atoms with van der Waals surface area (Å²) in [5.74, 6) is 0.827. The van der Waals surface area contributed by atoms with Crippen molar-refractivity contribution in [3.8, 4) is 0 Å². The van der Waals surface area contributed by atoms with Crippen molar-refractivity contribution in [1.29, 1.82) is 0 Å². The number of nitrogens with zero attached hydrogens (tertiary/aromatic N) is 2. The summed E-state index contributed by atoms with van der Waals surface area (Å²) in [6, 6.07) is 1.03. The molecule has 0 radical (unpaired) electrons. The average Bonchev–Trinajstić information content (AvgIpc) is 3.02. The zero-order chi connectivity index (χ0) is 14.5. The highest BCUT2D eigenvalue weighted by Crippen LogP contribution is 2.29. The second kappa shape index (κ2) is 7.41. The van der Waals surface area contributed by atoms with Crippen LogP contribution < -0.4 is 0 Å². The summed E-state index contributed by atoms with van der Waals surface area (Å²) in [6.07, 6.45) is 5.40. The molecule has 0 aromatic heterocycles. The van der Waals surface area contributed by atoms with Crippen LogP contribution in [-0.4, -0.2) is 61.1 Å². The minimum Gasteiger partial charge on any atom is -0.381 e. The van der Waals surface area contributed by atoms with E-state index in [-0.39, 0.29) is 5.91 Å². The van der Waals surface area contributed by atoms with E-state index in [1.54, 1.807) is 0 Å². The summed E-state index contributed by atoms with van der Waals surface area (Å²) in [5.41, 5.74) is 0. The third-order valence-corrected chi connectivity index (χ3v) is 4.55. The quantitative estimate of drug-likeness (QED) is 0.700. The fraction of sp³-hybridized carbons (Fsp3) is 0.938. The van der Waals surface area contributed by atoms with E-state index >= 15 is 0 Å². The van der Waals surface area contributed by atoms with E-state index in [1.807, 2.05) is 0 Å². The Morgan fingerprint density at radius 3 is 2.55 bits per heavy atom. The molecule has 2 rings (SSSR count). The van der Waals surface area contributed by atoms with Gasteiger partial charge in [0.2, 0.25) is 5.91 Å². The van der Waals surface area contributed by atoms with E-state index in [2.05, 4.69) is 30.7 Å². The number of carbonyl (C=O) groups is 1. The average molecular weight is 282 g/mol. The fourth-order valence-corrected chi connectivity index (χ4v) is 3.55. The molecule has 4 nitrogen and oxygen atoms in total. The van der Waals surface area contributed by atoms with Crippen molar-refractivity contribution in [2.45, 2.75) is 58.0 Å². The molecular formula is C16H30N2O2. The maximum Gasteiger partial charge on any atom is 0.225 e. The molecule has 0 unspecified atom stereocenters. The molecule has 20 heavy (non-hydrogen) atoms. The topological polar surface area (TPSA) is 32.8 Å². The van der Waals surface area contributed by atoms with E-state index in [0.717, 1.165) is 19.6 Å². The second-order valence-electron chi connectivity index (χ2n) is 6.71. The first-order valence-electron chi connectivity index (χ1n) is 8.17. The summed E-state index contributed by atoms with van der Waals surface area (Å²) in [5, 5.41) is 0. The van der Waals surface area contributed by atoms with E-state index in [0.29, 0.717) is 31.0 Å². The smallest absolute Gasteiger partial charge is 0.225 e. The van der Waals surface area contributed by atoms with Crippen molar-refractivity contribution in [3.63, 3.8) is 0 Å². The Labute approximate surface area is 123 Å². The molecule has 0 N–H and O–H groups in total. The van der Waals surface area contributed by atoms with Crippen molar-refractivity contribution < 1.29 is 9.53 Å². The first-order chi connectivity index (χ1) is 9.59. The van der Waals surface area contributed by atoms with Crippen LogP contribution in [0.15, 0.2) is 0 Å². The van der Waals surface area contributed by atoms with Gasteiger partial charge in [-0.15, -0.1) is 0 Å². The monoisotopic (exact) mass is 282 g/mol. The van der Waals surface area contributed by atoms with E-state index < -0.39 is 0 Å². The van der Waals surface area contributed by atoms with E-state index in [4.69, 9.17) is 4.74 Å². The van der Waals surface area contributed by atoms with Crippen LogP contribution in [0.25, 0.3) is 0 Å². The molecule has 0 aromatic rings. The number of ether oxygens (including phenoxy) is 1. The molecule has 0 bridgehead atoms. The van der Waals surface area contributed by atoms with Gasteiger partial charge in [-0.3, -0.25) is 4.79 Å². The molecule has 1 amide bonds. The molecule has 0 aromatic carbocycles. The number of carbonyl (C=O) groups excluding carboxylic acids is 1. The summed E-state index contributed by atoms with van der Waals surface area (Å²) >= 11 is 0. The van der Waals surface area contributed by atoms with E-state index in [9.17, 15) is 4.79 Å². The molecule has 2 fully saturated rings. The van der Waals surface area contributed by atoms with Gasteiger partial charge < -0.3 is 14.5 Å². The first kappa shape index (κ1) is 15.8. The zero-order valence-electron chi connectivity index (χ0n) is 13.3. The zero-order valence-corrected chi connectivity index (χ0v) is 13.3. The van der Waals surface area contributed by atoms with Crippen molar-refractivity contribution in [3.05, 3.63) is 0 Å². The van der Waals surface area contributed by atoms with Crippen LogP contribution >= 0.6 is 0 Å². The summed E-state index contributed by atoms with van der Waals surface area (Å²) in [7, 11) is 2.20. The van der Waals surface area contributed by atoms with Crippen molar-refractivity contribution in [2.75, 3.05) is 33.4 Å². The van der Waals surface area contributed by atoms with Gasteiger partial charge in [0.25, 0.3) is 0 Å². The largest absolute Gasteiger partial charge is 0.381 e. The third-order valence-electron chi connectivity index (χ3n) is 4.55. The Kier molecular flexibility index (Phi) is 5.85. The molecule has 0 aliphatic carbocycles. The van der Waals surface area contributed by atoms with Crippen LogP contribution in [0.3, 0.4) is 0 Å². The molecule has 2 heterocycles. The van der Waals surface area contributed by atoms with Crippen LogP contribution in [0, 0.1) is 5.92 Å². The standard InChI is InChI=1S/C16H30N2O2/c1-13(2)12-20-11-8-16(19)18-10-5-7-15(18)14-6-4-9-17(14)3/h13-15H,4-12H2,1-3H3/t14-,15+/m1/s1. The molecule has 2 atom stereocenters. The van der Waals surface area contributed by atoms with Crippen LogP contribution in [0.2, 0.25) is 0 Å². The number of hydrogen-bond donors (Lipinski definition) is 0. The van der Waals surface area contributed by atoms with Gasteiger partial charge in [0, 0.05) is 25.2 Å². The molecule has 2 saturated heterocycles. The second-order valence-corrected chi connectivity index (χ2v) is 6.71. The SMILES string of the molecule is CC(C)COCCC(=O)N1CCC[C@H]1[C@H]1CCCN1C. The third kappa shape index (κ3) is 3.95. The number of likely N-dealkylation sites (tertiary alicyclic amines) is 2. The summed E-state index contributed by atoms with van der Waals surface area (Å²) in [4.78, 5) is 17.0. The molecular weight excluding hydrogens is 252 g/mol. The lowest BCUT2D eigenvalue weighted by Crippen LogP contribution is -2.47. The fourth-order valence-electron chi connectivity index (χ4n) is 3.55. The highest BCUT2D eigenvalue weighted by molar-refractivity contribution is 5.77. The summed E-state index contributed by atoms with van der Waals surface area (Å²) < 4.78 is 5.55.